The summed E-state index contributed by atoms with van der Waals surface area (Å²) >= 11 is 12.9. The molecule has 3 N–H and O–H groups in total. The van der Waals surface area contributed by atoms with E-state index in [1.807, 2.05) is 24.3 Å². The van der Waals surface area contributed by atoms with E-state index >= 15 is 0 Å². The van der Waals surface area contributed by atoms with Crippen molar-refractivity contribution in [2.24, 2.45) is 0 Å². The van der Waals surface area contributed by atoms with Gasteiger partial charge in [0.2, 0.25) is 0 Å². The molecule has 0 aliphatic rings. The number of nitrogens with one attached hydrogen (secondary N) is 3. The summed E-state index contributed by atoms with van der Waals surface area (Å²) in [5.74, 6) is -5.74. The molecule has 3 aromatic carbocycles. The molecule has 258 valence electrons. The standard InChI is InChI=1S/C31H27Cl2F6N3O5S/c32-21-7-2-8-22(33)19(21)11-13-41-15-18-5-1-4-17(14-18)6-3-12-40-16-24(47-28(44)31(37,38)39)20-9-10-23(46-27(43)30(34,35)36)25-26(20)48-29(45)42-25/h1-2,4-5,7-10,14,24,40-41H,3,6,11-13,15-16H2,(H,42,45)/t24-/m0/s1. The van der Waals surface area contributed by atoms with Crippen LogP contribution in [0.4, 0.5) is 26.3 Å². The van der Waals surface area contributed by atoms with Crippen LogP contribution >= 0.6 is 34.5 Å². The Morgan fingerprint density at radius 3 is 2.21 bits per heavy atom. The number of alkyl halides is 6. The number of halogens is 8. The number of fused-ring (bicyclic) bond motifs is 1. The van der Waals surface area contributed by atoms with E-state index in [1.165, 1.54) is 0 Å². The second kappa shape index (κ2) is 16.2. The Morgan fingerprint density at radius 1 is 0.854 bits per heavy atom. The molecule has 1 aromatic heterocycles. The van der Waals surface area contributed by atoms with Gasteiger partial charge in [0.05, 0.1) is 4.70 Å². The van der Waals surface area contributed by atoms with Crippen LogP contribution in [0.25, 0.3) is 10.2 Å². The smallest absolute Gasteiger partial charge is 0.449 e. The van der Waals surface area contributed by atoms with Crippen molar-refractivity contribution in [2.75, 3.05) is 19.6 Å². The fraction of sp³-hybridized carbons (Fsp3) is 0.323. The van der Waals surface area contributed by atoms with Gasteiger partial charge in [-0.3, -0.25) is 4.79 Å². The second-order valence-corrected chi connectivity index (χ2v) is 12.2. The Balaban J connectivity index is 1.36. The fourth-order valence-corrected chi connectivity index (χ4v) is 6.20. The van der Waals surface area contributed by atoms with E-state index in [9.17, 15) is 40.7 Å². The van der Waals surface area contributed by atoms with Crippen LogP contribution in [0.1, 0.15) is 34.8 Å². The summed E-state index contributed by atoms with van der Waals surface area (Å²) in [6, 6.07) is 15.0. The zero-order chi connectivity index (χ0) is 35.1. The predicted octanol–water partition coefficient (Wildman–Crippen LogP) is 7.07. The first kappa shape index (κ1) is 37.2. The van der Waals surface area contributed by atoms with Crippen LogP contribution in [0.2, 0.25) is 10.0 Å². The summed E-state index contributed by atoms with van der Waals surface area (Å²) in [4.78, 5) is 36.6. The van der Waals surface area contributed by atoms with E-state index < -0.39 is 41.0 Å². The number of H-pyrrole nitrogens is 1. The summed E-state index contributed by atoms with van der Waals surface area (Å²) in [6.07, 6.45) is -10.5. The Bertz CT molecular complexity index is 1790. The number of hydrogen-bond donors (Lipinski definition) is 3. The van der Waals surface area contributed by atoms with Gasteiger partial charge >= 0.3 is 29.2 Å². The first-order valence-electron chi connectivity index (χ1n) is 14.3. The lowest BCUT2D eigenvalue weighted by Crippen LogP contribution is -2.32. The monoisotopic (exact) mass is 737 g/mol. The number of carbonyl (C=O) groups excluding carboxylic acids is 2. The quantitative estimate of drug-likeness (QED) is 0.0550. The van der Waals surface area contributed by atoms with Crippen LogP contribution < -0.4 is 20.2 Å². The van der Waals surface area contributed by atoms with Crippen molar-refractivity contribution in [1.29, 1.82) is 0 Å². The van der Waals surface area contributed by atoms with E-state index in [2.05, 4.69) is 20.4 Å². The highest BCUT2D eigenvalue weighted by atomic mass is 35.5. The highest BCUT2D eigenvalue weighted by Crippen LogP contribution is 2.35. The minimum absolute atomic E-state index is 0.109. The van der Waals surface area contributed by atoms with E-state index in [4.69, 9.17) is 27.9 Å². The van der Waals surface area contributed by atoms with E-state index in [1.54, 1.807) is 18.2 Å². The van der Waals surface area contributed by atoms with E-state index in [0.717, 1.165) is 28.8 Å². The van der Waals surface area contributed by atoms with Gasteiger partial charge in [-0.15, -0.1) is 0 Å². The van der Waals surface area contributed by atoms with Gasteiger partial charge in [-0.1, -0.05) is 64.9 Å². The lowest BCUT2D eigenvalue weighted by Gasteiger charge is -2.21. The van der Waals surface area contributed by atoms with E-state index in [0.29, 0.717) is 53.7 Å². The molecular weight excluding hydrogens is 711 g/mol. The summed E-state index contributed by atoms with van der Waals surface area (Å²) < 4.78 is 86.5. The maximum Gasteiger partial charge on any atom is 0.491 e. The molecule has 0 aliphatic carbocycles. The van der Waals surface area contributed by atoms with Crippen molar-refractivity contribution in [2.45, 2.75) is 44.3 Å². The van der Waals surface area contributed by atoms with Crippen molar-refractivity contribution >= 4 is 56.7 Å². The summed E-state index contributed by atoms with van der Waals surface area (Å²) in [6.45, 7) is 1.19. The molecule has 1 atom stereocenters. The maximum absolute atomic E-state index is 13.1. The van der Waals surface area contributed by atoms with Crippen LogP contribution in [0.3, 0.4) is 0 Å². The van der Waals surface area contributed by atoms with Crippen LogP contribution in [0.15, 0.2) is 59.4 Å². The van der Waals surface area contributed by atoms with Crippen molar-refractivity contribution in [3.8, 4) is 5.75 Å². The van der Waals surface area contributed by atoms with Crippen LogP contribution in [-0.2, 0) is 33.7 Å². The van der Waals surface area contributed by atoms with Crippen LogP contribution in [0, 0.1) is 0 Å². The van der Waals surface area contributed by atoms with Gasteiger partial charge in [-0.25, -0.2) is 9.59 Å². The number of aromatic nitrogens is 1. The Morgan fingerprint density at radius 2 is 1.52 bits per heavy atom. The lowest BCUT2D eigenvalue weighted by molar-refractivity contribution is -0.205. The fourth-order valence-electron chi connectivity index (χ4n) is 4.70. The number of hydrogen-bond acceptors (Lipinski definition) is 8. The molecule has 0 spiro atoms. The molecule has 0 saturated heterocycles. The molecule has 0 fully saturated rings. The van der Waals surface area contributed by atoms with Crippen molar-refractivity contribution in [3.05, 3.63) is 96.6 Å². The van der Waals surface area contributed by atoms with Gasteiger partial charge in [0, 0.05) is 28.7 Å². The molecule has 0 bridgehead atoms. The first-order chi connectivity index (χ1) is 22.6. The molecule has 1 heterocycles. The molecular formula is C31H27Cl2F6N3O5S. The number of thiazole rings is 1. The van der Waals surface area contributed by atoms with Crippen molar-refractivity contribution < 1.29 is 45.4 Å². The molecule has 0 saturated carbocycles. The third-order valence-corrected chi connectivity index (χ3v) is 8.56. The molecule has 0 radical (unpaired) electrons. The minimum Gasteiger partial charge on any atom is -0.449 e. The molecule has 8 nitrogen and oxygen atoms in total. The molecule has 4 aromatic rings. The topological polar surface area (TPSA) is 110 Å². The maximum atomic E-state index is 13.1. The third kappa shape index (κ3) is 10.2. The average Bonchev–Trinajstić information content (AvgIpc) is 3.41. The minimum atomic E-state index is -5.35. The first-order valence-corrected chi connectivity index (χ1v) is 15.9. The normalized spacial score (nSPS) is 12.7. The summed E-state index contributed by atoms with van der Waals surface area (Å²) in [7, 11) is 0. The third-order valence-electron chi connectivity index (χ3n) is 6.92. The molecule has 48 heavy (non-hydrogen) atoms. The van der Waals surface area contributed by atoms with Gasteiger partial charge in [-0.05, 0) is 73.3 Å². The number of ether oxygens (including phenoxy) is 2. The predicted molar refractivity (Wildman–Crippen MR) is 169 cm³/mol. The zero-order valence-corrected chi connectivity index (χ0v) is 27.0. The SMILES string of the molecule is O=C(Oc1ccc([C@H](CNCCCc2cccc(CNCCc3c(Cl)cccc3Cl)c2)OC(=O)C(F)(F)F)c2sc(=O)[nH]c12)C(F)(F)F. The second-order valence-electron chi connectivity index (χ2n) is 10.4. The lowest BCUT2D eigenvalue weighted by atomic mass is 10.1. The van der Waals surface area contributed by atoms with E-state index in [-0.39, 0.29) is 28.9 Å². The molecule has 0 amide bonds. The van der Waals surface area contributed by atoms with Crippen LogP contribution in [-0.4, -0.2) is 48.9 Å². The average molecular weight is 739 g/mol. The van der Waals surface area contributed by atoms with Gasteiger partial charge in [0.1, 0.15) is 11.6 Å². The van der Waals surface area contributed by atoms with Gasteiger partial charge in [0.15, 0.2) is 5.75 Å². The van der Waals surface area contributed by atoms with Crippen molar-refractivity contribution in [3.63, 3.8) is 0 Å². The molecule has 0 aliphatic heterocycles. The van der Waals surface area contributed by atoms with Gasteiger partial charge < -0.3 is 25.1 Å². The summed E-state index contributed by atoms with van der Waals surface area (Å²) in [5.41, 5.74) is 2.43. The highest BCUT2D eigenvalue weighted by Gasteiger charge is 2.43. The Labute approximate surface area is 283 Å². The van der Waals surface area contributed by atoms with Gasteiger partial charge in [-0.2, -0.15) is 26.3 Å². The number of rotatable bonds is 14. The summed E-state index contributed by atoms with van der Waals surface area (Å²) in [5, 5.41) is 7.49. The largest absolute Gasteiger partial charge is 0.491 e. The number of benzene rings is 3. The number of carbonyl (C=O) groups is 2. The van der Waals surface area contributed by atoms with Crippen molar-refractivity contribution in [1.82, 2.24) is 15.6 Å². The van der Waals surface area contributed by atoms with Gasteiger partial charge in [0.25, 0.3) is 0 Å². The highest BCUT2D eigenvalue weighted by molar-refractivity contribution is 7.16. The van der Waals surface area contributed by atoms with Crippen LogP contribution in [0.5, 0.6) is 5.75 Å². The number of aryl methyl sites for hydroxylation is 1. The number of esters is 2. The number of aromatic amines is 1. The zero-order valence-electron chi connectivity index (χ0n) is 24.7. The Kier molecular flexibility index (Phi) is 12.5. The molecule has 17 heteroatoms. The Hall–Kier alpha value is -3.63. The molecule has 4 rings (SSSR count). The molecule has 0 unspecified atom stereocenters.